The van der Waals surface area contributed by atoms with Crippen molar-refractivity contribution in [3.63, 3.8) is 0 Å². The highest BCUT2D eigenvalue weighted by Crippen LogP contribution is 2.43. The van der Waals surface area contributed by atoms with Crippen LogP contribution in [-0.4, -0.2) is 98.0 Å². The van der Waals surface area contributed by atoms with Crippen molar-refractivity contribution in [1.82, 2.24) is 39.5 Å². The highest BCUT2D eigenvalue weighted by molar-refractivity contribution is 5.61. The van der Waals surface area contributed by atoms with Gasteiger partial charge in [-0.15, -0.1) is 10.2 Å². The first kappa shape index (κ1) is 44.7. The fourth-order valence-corrected chi connectivity index (χ4v) is 11.4. The highest BCUT2D eigenvalue weighted by Gasteiger charge is 2.45. The van der Waals surface area contributed by atoms with Crippen molar-refractivity contribution in [2.75, 3.05) is 76.6 Å². The molecule has 2 saturated carbocycles. The molecule has 2 aromatic carbocycles. The van der Waals surface area contributed by atoms with Gasteiger partial charge >= 0.3 is 6.18 Å². The third-order valence-corrected chi connectivity index (χ3v) is 14.5. The minimum atomic E-state index is -4.48. The first-order valence-electron chi connectivity index (χ1n) is 23.6. The molecule has 15 nitrogen and oxygen atoms in total. The quantitative estimate of drug-likeness (QED) is 0.134. The van der Waals surface area contributed by atoms with Gasteiger partial charge in [-0.3, -0.25) is 4.98 Å². The molecule has 8 heterocycles. The molecule has 2 saturated heterocycles. The number of anilines is 8. The Bertz CT molecular complexity index is 2760. The fourth-order valence-electron chi connectivity index (χ4n) is 11.4. The van der Waals surface area contributed by atoms with Crippen molar-refractivity contribution in [2.24, 2.45) is 23.7 Å². The normalized spacial score (nSPS) is 23.8. The van der Waals surface area contributed by atoms with Crippen LogP contribution in [0.15, 0.2) is 79.1 Å². The van der Waals surface area contributed by atoms with Crippen LogP contribution in [0.3, 0.4) is 0 Å². The van der Waals surface area contributed by atoms with Crippen LogP contribution in [0.5, 0.6) is 5.88 Å². The van der Waals surface area contributed by atoms with Crippen LogP contribution in [0.2, 0.25) is 0 Å². The molecular weight excluding hydrogens is 903 g/mol. The molecule has 0 spiro atoms. The number of fused-ring (bicyclic) bond motifs is 6. The summed E-state index contributed by atoms with van der Waals surface area (Å²) in [4.78, 5) is 25.5. The predicted octanol–water partition coefficient (Wildman–Crippen LogP) is 8.53. The first-order chi connectivity index (χ1) is 33.4. The second-order valence-electron chi connectivity index (χ2n) is 18.8. The van der Waals surface area contributed by atoms with E-state index >= 15 is 0 Å². The topological polar surface area (TPSA) is 133 Å². The summed E-state index contributed by atoms with van der Waals surface area (Å²) in [5.74, 6) is 3.04. The summed E-state index contributed by atoms with van der Waals surface area (Å²) in [6, 6.07) is 17.3. The number of hydrogen-bond acceptors (Lipinski definition) is 13. The Kier molecular flexibility index (Phi) is 11.8. The third kappa shape index (κ3) is 9.14. The number of pyridine rings is 2. The van der Waals surface area contributed by atoms with Crippen LogP contribution in [0.1, 0.15) is 44.2 Å². The summed E-state index contributed by atoms with van der Waals surface area (Å²) in [5, 5.41) is 16.5. The molecule has 0 radical (unpaired) electrons. The van der Waals surface area contributed by atoms with Gasteiger partial charge in [0.05, 0.1) is 7.11 Å². The number of nitrogens with one attached hydrogen (secondary N) is 2. The summed E-state index contributed by atoms with van der Waals surface area (Å²) >= 11 is 0. The molecule has 2 N–H and O–H groups in total. The van der Waals surface area contributed by atoms with Crippen LogP contribution in [0.25, 0.3) is 0 Å². The molecule has 12 rings (SSSR count). The van der Waals surface area contributed by atoms with E-state index in [0.29, 0.717) is 79.2 Å². The van der Waals surface area contributed by atoms with Gasteiger partial charge in [0.25, 0.3) is 0 Å². The van der Waals surface area contributed by atoms with Gasteiger partial charge in [-0.05, 0) is 111 Å². The molecule has 6 aromatic rings. The molecule has 4 fully saturated rings. The summed E-state index contributed by atoms with van der Waals surface area (Å²) in [6.07, 6.45) is 4.55. The largest absolute Gasteiger partial charge is 0.481 e. The van der Waals surface area contributed by atoms with Crippen LogP contribution in [0, 0.1) is 41.1 Å². The molecule has 21 heteroatoms. The number of benzene rings is 2. The Morgan fingerprint density at radius 1 is 0.565 bits per heavy atom. The van der Waals surface area contributed by atoms with Crippen molar-refractivity contribution in [1.29, 1.82) is 0 Å². The van der Waals surface area contributed by atoms with E-state index in [1.54, 1.807) is 34.9 Å². The van der Waals surface area contributed by atoms with Gasteiger partial charge in [0, 0.05) is 112 Å². The number of nitrogens with zero attached hydrogens (tertiary/aromatic N) is 12. The second kappa shape index (κ2) is 18.3. The van der Waals surface area contributed by atoms with Crippen LogP contribution in [-0.2, 0) is 19.3 Å². The monoisotopic (exact) mass is 954 g/mol. The van der Waals surface area contributed by atoms with Gasteiger partial charge in [-0.2, -0.15) is 23.1 Å². The standard InChI is InChI=1S/C24H24F5N7.C24H28FN7O/c25-16-8-17(26)10-19(9-16)35-6-1-7-36-23(35)32-22(33-36)31-21-14-2-3-15(21)13-34(12-14)18-4-5-30-20(11-18)24(27,28)29;1-33-21-13-19(8-9-26-21)30-14-16-6-7-17(15-30)22(16)27-23-28-24-31(10-3-11-32(24)29-23)20-5-2-4-18(25)12-20/h4-5,8-11,14-15,21H,1-3,6-7,12-13H2,(H,31,33);2,4-5,8-9,12-13,16-17,22H,3,6-7,10-11,14-15H2,1H3,(H,27,29)/t14-,15+,21+;16-,17+,22+. The number of aryl methyl sites for hydroxylation is 2. The van der Waals surface area contributed by atoms with E-state index in [1.807, 2.05) is 27.9 Å². The van der Waals surface area contributed by atoms with E-state index in [0.717, 1.165) is 75.6 Å². The Hall–Kier alpha value is -6.80. The molecular formula is C48H52F6N14O. The smallest absolute Gasteiger partial charge is 0.433 e. The van der Waals surface area contributed by atoms with Crippen molar-refractivity contribution >= 4 is 46.5 Å². The van der Waals surface area contributed by atoms with Gasteiger partial charge in [0.1, 0.15) is 23.1 Å². The molecule has 4 aliphatic heterocycles. The zero-order valence-corrected chi connectivity index (χ0v) is 37.9. The van der Waals surface area contributed by atoms with E-state index in [-0.39, 0.29) is 23.7 Å². The molecule has 69 heavy (non-hydrogen) atoms. The van der Waals surface area contributed by atoms with Gasteiger partial charge in [0.15, 0.2) is 0 Å². The average Bonchev–Trinajstić information content (AvgIpc) is 4.07. The lowest BCUT2D eigenvalue weighted by atomic mass is 9.92. The van der Waals surface area contributed by atoms with E-state index < -0.39 is 23.5 Å². The van der Waals surface area contributed by atoms with E-state index in [4.69, 9.17) is 14.8 Å². The number of halogens is 6. The lowest BCUT2D eigenvalue weighted by molar-refractivity contribution is -0.141. The minimum absolute atomic E-state index is 0.0923. The number of piperidine rings is 2. The van der Waals surface area contributed by atoms with Crippen LogP contribution < -0.4 is 35.0 Å². The Morgan fingerprint density at radius 3 is 1.59 bits per heavy atom. The number of aromatic nitrogens is 8. The maximum atomic E-state index is 13.8. The van der Waals surface area contributed by atoms with Gasteiger partial charge in [-0.25, -0.2) is 27.5 Å². The summed E-state index contributed by atoms with van der Waals surface area (Å²) < 4.78 is 89.8. The highest BCUT2D eigenvalue weighted by atomic mass is 19.4. The average molecular weight is 955 g/mol. The molecule has 4 aromatic heterocycles. The first-order valence-corrected chi connectivity index (χ1v) is 23.6. The Balaban J connectivity index is 0.000000151. The number of ether oxygens (including phenoxy) is 1. The van der Waals surface area contributed by atoms with Crippen molar-refractivity contribution < 1.29 is 31.1 Å². The number of methoxy groups -OCH3 is 1. The fraction of sp³-hybridized carbons (Fsp3) is 0.458. The lowest BCUT2D eigenvalue weighted by Gasteiger charge is -2.39. The molecule has 0 unspecified atom stereocenters. The molecule has 4 bridgehead atoms. The summed E-state index contributed by atoms with van der Waals surface area (Å²) in [5.41, 5.74) is 2.01. The minimum Gasteiger partial charge on any atom is -0.481 e. The SMILES string of the molecule is COc1cc(N2C[C@H]3CC[C@@H](C2)[C@H]3Nc2nc3n(n2)CCCN3c2cccc(F)c2)ccn1.Fc1cc(F)cc(N2CCCn3nc(N[C@H]4[C@@H]5CC[C@H]4CN(c4ccnc(C(F)(F)F)c4)C5)nc32)c1. The molecule has 362 valence electrons. The molecule has 6 atom stereocenters. The zero-order chi connectivity index (χ0) is 47.4. The lowest BCUT2D eigenvalue weighted by Crippen LogP contribution is -2.48. The molecule has 6 aliphatic rings. The van der Waals surface area contributed by atoms with E-state index in [9.17, 15) is 26.3 Å². The Morgan fingerprint density at radius 2 is 1.07 bits per heavy atom. The van der Waals surface area contributed by atoms with E-state index in [1.165, 1.54) is 42.9 Å². The molecule has 2 aliphatic carbocycles. The maximum Gasteiger partial charge on any atom is 0.433 e. The second-order valence-corrected chi connectivity index (χ2v) is 18.8. The van der Waals surface area contributed by atoms with Gasteiger partial charge in [-0.1, -0.05) is 6.07 Å². The number of alkyl halides is 3. The predicted molar refractivity (Wildman–Crippen MR) is 248 cm³/mol. The third-order valence-electron chi connectivity index (χ3n) is 14.5. The zero-order valence-electron chi connectivity index (χ0n) is 37.9. The number of rotatable bonds is 9. The van der Waals surface area contributed by atoms with Crippen molar-refractivity contribution in [2.45, 2.75) is 69.9 Å². The number of hydrogen-bond donors (Lipinski definition) is 2. The van der Waals surface area contributed by atoms with Crippen LogP contribution >= 0.6 is 0 Å². The van der Waals surface area contributed by atoms with Crippen molar-refractivity contribution in [3.05, 3.63) is 102 Å². The maximum absolute atomic E-state index is 13.8. The Labute approximate surface area is 394 Å². The van der Waals surface area contributed by atoms with Gasteiger partial charge in [0.2, 0.25) is 29.7 Å². The van der Waals surface area contributed by atoms with Gasteiger partial charge < -0.3 is 35.0 Å². The van der Waals surface area contributed by atoms with E-state index in [2.05, 4.69) is 46.6 Å². The van der Waals surface area contributed by atoms with Crippen LogP contribution in [0.4, 0.5) is 72.9 Å². The summed E-state index contributed by atoms with van der Waals surface area (Å²) in [7, 11) is 1.65. The van der Waals surface area contributed by atoms with Crippen molar-refractivity contribution in [3.8, 4) is 5.88 Å². The summed E-state index contributed by atoms with van der Waals surface area (Å²) in [6.45, 7) is 6.07. The molecule has 0 amide bonds.